The average Bonchev–Trinajstić information content (AvgIpc) is 3.29. The fraction of sp³-hybridized carbons (Fsp3) is 0.875. The monoisotopic (exact) mass is 308 g/mol. The zero-order valence-corrected chi connectivity index (χ0v) is 13.3. The highest BCUT2D eigenvalue weighted by atomic mass is 32.2. The van der Waals surface area contributed by atoms with E-state index in [1.54, 1.807) is 11.8 Å². The second-order valence-corrected chi connectivity index (χ2v) is 8.14. The lowest BCUT2D eigenvalue weighted by atomic mass is 9.87. The Morgan fingerprint density at radius 3 is 2.48 bits per heavy atom. The van der Waals surface area contributed by atoms with Crippen LogP contribution in [0.3, 0.4) is 0 Å². The number of hydrogen-bond acceptors (Lipinski definition) is 3. The quantitative estimate of drug-likeness (QED) is 0.783. The summed E-state index contributed by atoms with van der Waals surface area (Å²) < 4.78 is 0. The van der Waals surface area contributed by atoms with Gasteiger partial charge in [-0.3, -0.25) is 9.59 Å². The van der Waals surface area contributed by atoms with Crippen molar-refractivity contribution in [2.45, 2.75) is 44.6 Å². The van der Waals surface area contributed by atoms with Crippen LogP contribution in [0.5, 0.6) is 0 Å². The summed E-state index contributed by atoms with van der Waals surface area (Å²) in [7, 11) is 0. The third kappa shape index (κ3) is 2.37. The molecule has 4 atom stereocenters. The highest BCUT2D eigenvalue weighted by molar-refractivity contribution is 7.99. The van der Waals surface area contributed by atoms with Crippen LogP contribution < -0.4 is 0 Å². The topological polar surface area (TPSA) is 40.6 Å². The maximum Gasteiger partial charge on any atom is 0.246 e. The van der Waals surface area contributed by atoms with Gasteiger partial charge < -0.3 is 9.80 Å². The Labute approximate surface area is 130 Å². The summed E-state index contributed by atoms with van der Waals surface area (Å²) in [6, 6.07) is -0.181. The summed E-state index contributed by atoms with van der Waals surface area (Å²) >= 11 is 1.74. The molecule has 2 aliphatic heterocycles. The highest BCUT2D eigenvalue weighted by Crippen LogP contribution is 2.49. The zero-order valence-electron chi connectivity index (χ0n) is 12.5. The molecule has 4 aliphatic rings. The molecule has 116 valence electrons. The van der Waals surface area contributed by atoms with Gasteiger partial charge in [0.15, 0.2) is 0 Å². The lowest BCUT2D eigenvalue weighted by Crippen LogP contribution is -2.50. The van der Waals surface area contributed by atoms with Crippen LogP contribution in [0.1, 0.15) is 38.5 Å². The number of thioether (sulfide) groups is 1. The van der Waals surface area contributed by atoms with Crippen LogP contribution in [0.2, 0.25) is 0 Å². The molecule has 2 bridgehead atoms. The molecule has 0 N–H and O–H groups in total. The first kappa shape index (κ1) is 13.9. The van der Waals surface area contributed by atoms with E-state index in [0.717, 1.165) is 49.9 Å². The number of amides is 2. The standard InChI is InChI=1S/C16H24N2O2S/c19-15(13-8-11-3-4-12(13)7-11)18-10-21-9-14(18)16(20)17-5-1-2-6-17/h11-14H,1-10H2/t11-,12-,13-,14+/m0/s1. The average molecular weight is 308 g/mol. The molecule has 0 aromatic heterocycles. The van der Waals surface area contributed by atoms with Crippen LogP contribution in [0.4, 0.5) is 0 Å². The molecule has 4 fully saturated rings. The van der Waals surface area contributed by atoms with Gasteiger partial charge in [0, 0.05) is 24.8 Å². The fourth-order valence-corrected chi connectivity index (χ4v) is 5.93. The number of nitrogens with zero attached hydrogens (tertiary/aromatic N) is 2. The fourth-order valence-electron chi connectivity index (χ4n) is 4.77. The first-order valence-electron chi connectivity index (χ1n) is 8.41. The highest BCUT2D eigenvalue weighted by Gasteiger charge is 2.47. The van der Waals surface area contributed by atoms with Gasteiger partial charge in [0.25, 0.3) is 0 Å². The normalized spacial score (nSPS) is 38.5. The maximum absolute atomic E-state index is 12.9. The van der Waals surface area contributed by atoms with Crippen molar-refractivity contribution in [1.29, 1.82) is 0 Å². The van der Waals surface area contributed by atoms with Crippen molar-refractivity contribution in [3.63, 3.8) is 0 Å². The molecule has 4 rings (SSSR count). The SMILES string of the molecule is O=C([C@H]1CSCN1C(=O)[C@H]1C[C@H]2CC[C@H]1C2)N1CCCC1. The minimum Gasteiger partial charge on any atom is -0.341 e. The van der Waals surface area contributed by atoms with Gasteiger partial charge in [-0.2, -0.15) is 0 Å². The first-order chi connectivity index (χ1) is 10.2. The van der Waals surface area contributed by atoms with Gasteiger partial charge in [0.05, 0.1) is 5.88 Å². The Morgan fingerprint density at radius 1 is 1.00 bits per heavy atom. The predicted molar refractivity (Wildman–Crippen MR) is 82.7 cm³/mol. The van der Waals surface area contributed by atoms with Gasteiger partial charge in [0.2, 0.25) is 11.8 Å². The number of hydrogen-bond donors (Lipinski definition) is 0. The van der Waals surface area contributed by atoms with Crippen molar-refractivity contribution in [3.05, 3.63) is 0 Å². The number of fused-ring (bicyclic) bond motifs is 2. The Hall–Kier alpha value is -0.710. The molecule has 2 heterocycles. The minimum atomic E-state index is -0.181. The molecule has 0 radical (unpaired) electrons. The van der Waals surface area contributed by atoms with E-state index in [0.29, 0.717) is 5.92 Å². The largest absolute Gasteiger partial charge is 0.341 e. The molecule has 21 heavy (non-hydrogen) atoms. The molecule has 0 unspecified atom stereocenters. The van der Waals surface area contributed by atoms with E-state index in [1.165, 1.54) is 19.3 Å². The van der Waals surface area contributed by atoms with Crippen LogP contribution in [-0.4, -0.2) is 52.4 Å². The van der Waals surface area contributed by atoms with Gasteiger partial charge >= 0.3 is 0 Å². The molecular formula is C16H24N2O2S. The van der Waals surface area contributed by atoms with Gasteiger partial charge in [-0.15, -0.1) is 11.8 Å². The molecule has 2 aliphatic carbocycles. The second kappa shape index (κ2) is 5.49. The Morgan fingerprint density at radius 2 is 1.81 bits per heavy atom. The van der Waals surface area contributed by atoms with Crippen molar-refractivity contribution in [1.82, 2.24) is 9.80 Å². The Balaban J connectivity index is 1.45. The number of carbonyl (C=O) groups is 2. The Bertz CT molecular complexity index is 450. The van der Waals surface area contributed by atoms with Crippen molar-refractivity contribution >= 4 is 23.6 Å². The minimum absolute atomic E-state index is 0.181. The molecule has 2 amide bonds. The van der Waals surface area contributed by atoms with Crippen LogP contribution >= 0.6 is 11.8 Å². The van der Waals surface area contributed by atoms with Gasteiger partial charge in [0.1, 0.15) is 6.04 Å². The van der Waals surface area contributed by atoms with E-state index in [4.69, 9.17) is 0 Å². The van der Waals surface area contributed by atoms with Crippen LogP contribution in [-0.2, 0) is 9.59 Å². The van der Waals surface area contributed by atoms with E-state index < -0.39 is 0 Å². The smallest absolute Gasteiger partial charge is 0.246 e. The third-order valence-electron chi connectivity index (χ3n) is 5.92. The summed E-state index contributed by atoms with van der Waals surface area (Å²) in [5, 5.41) is 0. The van der Waals surface area contributed by atoms with E-state index in [2.05, 4.69) is 0 Å². The van der Waals surface area contributed by atoms with E-state index in [-0.39, 0.29) is 23.8 Å². The molecule has 2 saturated heterocycles. The number of rotatable bonds is 2. The van der Waals surface area contributed by atoms with Gasteiger partial charge in [-0.1, -0.05) is 6.42 Å². The molecule has 0 aromatic rings. The maximum atomic E-state index is 12.9. The summed E-state index contributed by atoms with van der Waals surface area (Å²) in [5.74, 6) is 3.61. The third-order valence-corrected chi connectivity index (χ3v) is 6.94. The lowest BCUT2D eigenvalue weighted by molar-refractivity contribution is -0.146. The van der Waals surface area contributed by atoms with Gasteiger partial charge in [-0.05, 0) is 43.9 Å². The predicted octanol–water partition coefficient (Wildman–Crippen LogP) is 1.95. The first-order valence-corrected chi connectivity index (χ1v) is 9.56. The van der Waals surface area contributed by atoms with E-state index >= 15 is 0 Å². The summed E-state index contributed by atoms with van der Waals surface area (Å²) in [6.07, 6.45) is 7.11. The number of likely N-dealkylation sites (tertiary alicyclic amines) is 1. The van der Waals surface area contributed by atoms with Crippen molar-refractivity contribution in [2.24, 2.45) is 17.8 Å². The van der Waals surface area contributed by atoms with Crippen LogP contribution in [0.15, 0.2) is 0 Å². The van der Waals surface area contributed by atoms with E-state index in [9.17, 15) is 9.59 Å². The zero-order chi connectivity index (χ0) is 14.4. The Kier molecular flexibility index (Phi) is 3.64. The number of carbonyl (C=O) groups excluding carboxylic acids is 2. The molecule has 0 aromatic carbocycles. The molecule has 5 heteroatoms. The summed E-state index contributed by atoms with van der Waals surface area (Å²) in [4.78, 5) is 29.4. The van der Waals surface area contributed by atoms with Gasteiger partial charge in [-0.25, -0.2) is 0 Å². The van der Waals surface area contributed by atoms with Crippen molar-refractivity contribution in [3.8, 4) is 0 Å². The summed E-state index contributed by atoms with van der Waals surface area (Å²) in [6.45, 7) is 1.77. The summed E-state index contributed by atoms with van der Waals surface area (Å²) in [5.41, 5.74) is 0. The van der Waals surface area contributed by atoms with Crippen molar-refractivity contribution in [2.75, 3.05) is 24.7 Å². The van der Waals surface area contributed by atoms with Crippen LogP contribution in [0.25, 0.3) is 0 Å². The van der Waals surface area contributed by atoms with Crippen molar-refractivity contribution < 1.29 is 9.59 Å². The lowest BCUT2D eigenvalue weighted by Gasteiger charge is -2.31. The second-order valence-electron chi connectivity index (χ2n) is 7.14. The van der Waals surface area contributed by atoms with Crippen LogP contribution in [0, 0.1) is 17.8 Å². The molecule has 0 spiro atoms. The molecular weight excluding hydrogens is 284 g/mol. The molecule has 2 saturated carbocycles. The molecule has 4 nitrogen and oxygen atoms in total. The van der Waals surface area contributed by atoms with E-state index in [1.807, 2.05) is 9.80 Å².